The number of hydrogen-bond acceptors (Lipinski definition) is 3. The van der Waals surface area contributed by atoms with Gasteiger partial charge in [-0.25, -0.2) is 0 Å². The molecule has 2 atom stereocenters. The lowest BCUT2D eigenvalue weighted by molar-refractivity contribution is 0.0664. The number of phenolic OH excluding ortho intramolecular Hbond substituents is 1. The maximum Gasteiger partial charge on any atom is 0.257 e. The molecule has 2 aromatic carbocycles. The van der Waals surface area contributed by atoms with E-state index in [1.807, 2.05) is 30.3 Å². The molecule has 0 aromatic heterocycles. The lowest BCUT2D eigenvalue weighted by atomic mass is 10.00. The van der Waals surface area contributed by atoms with Crippen molar-refractivity contribution >= 4 is 17.5 Å². The Morgan fingerprint density at radius 2 is 2.00 bits per heavy atom. The number of amides is 1. The first-order chi connectivity index (χ1) is 11.6. The maximum absolute atomic E-state index is 12.7. The largest absolute Gasteiger partial charge is 0.507 e. The fraction of sp³-hybridized carbons (Fsp3) is 0.316. The zero-order valence-electron chi connectivity index (χ0n) is 13.2. The van der Waals surface area contributed by atoms with E-state index in [1.54, 1.807) is 17.0 Å². The number of rotatable bonds is 4. The molecular formula is C19H20ClNO3. The first kappa shape index (κ1) is 16.8. The van der Waals surface area contributed by atoms with Crippen LogP contribution in [0.3, 0.4) is 0 Å². The summed E-state index contributed by atoms with van der Waals surface area (Å²) in [6, 6.07) is 13.9. The van der Waals surface area contributed by atoms with E-state index in [0.717, 1.165) is 18.4 Å². The van der Waals surface area contributed by atoms with Crippen LogP contribution in [0.25, 0.3) is 0 Å². The molecule has 0 aliphatic carbocycles. The molecule has 126 valence electrons. The van der Waals surface area contributed by atoms with Crippen molar-refractivity contribution in [2.75, 3.05) is 6.54 Å². The molecule has 2 unspecified atom stereocenters. The molecule has 0 radical (unpaired) electrons. The Kier molecular flexibility index (Phi) is 5.07. The number of aromatic hydroxyl groups is 1. The van der Waals surface area contributed by atoms with Gasteiger partial charge in [0, 0.05) is 17.6 Å². The van der Waals surface area contributed by atoms with Gasteiger partial charge < -0.3 is 15.1 Å². The minimum absolute atomic E-state index is 0.0391. The van der Waals surface area contributed by atoms with Crippen LogP contribution in [0.1, 0.15) is 41.3 Å². The summed E-state index contributed by atoms with van der Waals surface area (Å²) in [5, 5.41) is 20.8. The van der Waals surface area contributed by atoms with Gasteiger partial charge in [0.2, 0.25) is 0 Å². The Balaban J connectivity index is 1.74. The van der Waals surface area contributed by atoms with Gasteiger partial charge in [-0.15, -0.1) is 0 Å². The van der Waals surface area contributed by atoms with E-state index in [1.165, 1.54) is 6.07 Å². The molecule has 1 aliphatic heterocycles. The van der Waals surface area contributed by atoms with Crippen LogP contribution in [-0.2, 0) is 0 Å². The van der Waals surface area contributed by atoms with Gasteiger partial charge in [-0.2, -0.15) is 0 Å². The van der Waals surface area contributed by atoms with Crippen molar-refractivity contribution in [2.45, 2.75) is 31.4 Å². The number of carbonyl (C=O) groups is 1. The summed E-state index contributed by atoms with van der Waals surface area (Å²) in [5.74, 6) is -0.325. The second-order valence-corrected chi connectivity index (χ2v) is 6.55. The molecule has 0 spiro atoms. The Morgan fingerprint density at radius 3 is 2.71 bits per heavy atom. The van der Waals surface area contributed by atoms with Gasteiger partial charge in [-0.05, 0) is 43.0 Å². The molecule has 2 N–H and O–H groups in total. The third-order valence-electron chi connectivity index (χ3n) is 4.51. The van der Waals surface area contributed by atoms with Crippen LogP contribution in [0, 0.1) is 0 Å². The Morgan fingerprint density at radius 1 is 1.25 bits per heavy atom. The van der Waals surface area contributed by atoms with Crippen molar-refractivity contribution < 1.29 is 15.0 Å². The highest BCUT2D eigenvalue weighted by molar-refractivity contribution is 6.30. The fourth-order valence-electron chi connectivity index (χ4n) is 3.26. The van der Waals surface area contributed by atoms with E-state index in [9.17, 15) is 15.0 Å². The Labute approximate surface area is 146 Å². The Hall–Kier alpha value is -2.04. The van der Waals surface area contributed by atoms with Crippen LogP contribution in [-0.4, -0.2) is 33.6 Å². The third-order valence-corrected chi connectivity index (χ3v) is 4.74. The van der Waals surface area contributed by atoms with Crippen molar-refractivity contribution in [3.05, 3.63) is 64.7 Å². The van der Waals surface area contributed by atoms with Gasteiger partial charge in [0.05, 0.1) is 11.7 Å². The average Bonchev–Trinajstić information content (AvgIpc) is 3.03. The number of likely N-dealkylation sites (tertiary alicyclic amines) is 1. The van der Waals surface area contributed by atoms with E-state index in [0.29, 0.717) is 18.0 Å². The predicted octanol–water partition coefficient (Wildman–Crippen LogP) is 3.77. The molecule has 3 rings (SSSR count). The van der Waals surface area contributed by atoms with Gasteiger partial charge in [-0.1, -0.05) is 41.9 Å². The van der Waals surface area contributed by atoms with Crippen molar-refractivity contribution in [1.29, 1.82) is 0 Å². The molecule has 0 saturated carbocycles. The number of halogens is 1. The highest BCUT2D eigenvalue weighted by atomic mass is 35.5. The van der Waals surface area contributed by atoms with Crippen molar-refractivity contribution in [1.82, 2.24) is 4.90 Å². The van der Waals surface area contributed by atoms with E-state index in [2.05, 4.69) is 0 Å². The monoisotopic (exact) mass is 345 g/mol. The first-order valence-corrected chi connectivity index (χ1v) is 8.46. The van der Waals surface area contributed by atoms with E-state index >= 15 is 0 Å². The molecule has 5 heteroatoms. The first-order valence-electron chi connectivity index (χ1n) is 8.09. The van der Waals surface area contributed by atoms with Crippen molar-refractivity contribution in [3.8, 4) is 5.75 Å². The molecule has 2 aromatic rings. The van der Waals surface area contributed by atoms with Crippen LogP contribution >= 0.6 is 11.6 Å². The van der Waals surface area contributed by atoms with E-state index < -0.39 is 6.10 Å². The lowest BCUT2D eigenvalue weighted by Crippen LogP contribution is -2.36. The summed E-state index contributed by atoms with van der Waals surface area (Å²) in [6.45, 7) is 0.632. The number of aliphatic hydroxyl groups is 1. The summed E-state index contributed by atoms with van der Waals surface area (Å²) in [4.78, 5) is 14.5. The molecular weight excluding hydrogens is 326 g/mol. The summed E-state index contributed by atoms with van der Waals surface area (Å²) < 4.78 is 0. The number of hydrogen-bond donors (Lipinski definition) is 2. The molecule has 1 heterocycles. The smallest absolute Gasteiger partial charge is 0.257 e. The van der Waals surface area contributed by atoms with Crippen molar-refractivity contribution in [3.63, 3.8) is 0 Å². The summed E-state index contributed by atoms with van der Waals surface area (Å²) in [6.07, 6.45) is 1.63. The molecule has 4 nitrogen and oxygen atoms in total. The molecule has 0 bridgehead atoms. The lowest BCUT2D eigenvalue weighted by Gasteiger charge is -2.27. The van der Waals surface area contributed by atoms with E-state index in [4.69, 9.17) is 11.6 Å². The van der Waals surface area contributed by atoms with E-state index in [-0.39, 0.29) is 23.3 Å². The zero-order chi connectivity index (χ0) is 17.1. The van der Waals surface area contributed by atoms with Crippen LogP contribution in [0.4, 0.5) is 0 Å². The number of aliphatic hydroxyl groups excluding tert-OH is 1. The van der Waals surface area contributed by atoms with Crippen molar-refractivity contribution in [2.24, 2.45) is 0 Å². The average molecular weight is 346 g/mol. The second kappa shape index (κ2) is 7.24. The third kappa shape index (κ3) is 3.55. The standard InChI is InChI=1S/C19H20ClNO3/c20-14-8-9-16(18(23)11-14)19(24)21-10-4-7-15(21)12-17(22)13-5-2-1-3-6-13/h1-3,5-6,8-9,11,15,17,22-23H,4,7,10,12H2. The molecule has 1 fully saturated rings. The van der Waals surface area contributed by atoms with Crippen LogP contribution < -0.4 is 0 Å². The second-order valence-electron chi connectivity index (χ2n) is 6.12. The Bertz CT molecular complexity index is 720. The normalized spacial score (nSPS) is 18.6. The van der Waals surface area contributed by atoms with Crippen LogP contribution in [0.15, 0.2) is 48.5 Å². The topological polar surface area (TPSA) is 60.8 Å². The van der Waals surface area contributed by atoms with Crippen LogP contribution in [0.5, 0.6) is 5.75 Å². The summed E-state index contributed by atoms with van der Waals surface area (Å²) in [7, 11) is 0. The molecule has 1 aliphatic rings. The number of benzene rings is 2. The maximum atomic E-state index is 12.7. The summed E-state index contributed by atoms with van der Waals surface area (Å²) >= 11 is 5.83. The quantitative estimate of drug-likeness (QED) is 0.886. The molecule has 1 saturated heterocycles. The number of nitrogens with zero attached hydrogens (tertiary/aromatic N) is 1. The minimum Gasteiger partial charge on any atom is -0.507 e. The highest BCUT2D eigenvalue weighted by Gasteiger charge is 2.32. The molecule has 24 heavy (non-hydrogen) atoms. The highest BCUT2D eigenvalue weighted by Crippen LogP contribution is 2.31. The molecule has 1 amide bonds. The van der Waals surface area contributed by atoms with Gasteiger partial charge in [0.1, 0.15) is 5.75 Å². The van der Waals surface area contributed by atoms with Gasteiger partial charge in [0.25, 0.3) is 5.91 Å². The number of phenols is 1. The summed E-state index contributed by atoms with van der Waals surface area (Å²) in [5.41, 5.74) is 1.10. The zero-order valence-corrected chi connectivity index (χ0v) is 14.0. The van der Waals surface area contributed by atoms with Gasteiger partial charge in [0.15, 0.2) is 0 Å². The number of carbonyl (C=O) groups excluding carboxylic acids is 1. The van der Waals surface area contributed by atoms with Gasteiger partial charge >= 0.3 is 0 Å². The minimum atomic E-state index is -0.608. The van der Waals surface area contributed by atoms with Crippen LogP contribution in [0.2, 0.25) is 5.02 Å². The SMILES string of the molecule is O=C(c1ccc(Cl)cc1O)N1CCCC1CC(O)c1ccccc1. The predicted molar refractivity (Wildman–Crippen MR) is 93.2 cm³/mol. The van der Waals surface area contributed by atoms with Gasteiger partial charge in [-0.3, -0.25) is 4.79 Å². The fourth-order valence-corrected chi connectivity index (χ4v) is 3.42.